The van der Waals surface area contributed by atoms with Crippen molar-refractivity contribution in [3.8, 4) is 0 Å². The monoisotopic (exact) mass is 174 g/mol. The minimum absolute atomic E-state index is 0.182. The van der Waals surface area contributed by atoms with Crippen LogP contribution in [0.5, 0.6) is 0 Å². The minimum atomic E-state index is -0.182. The fourth-order valence-electron chi connectivity index (χ4n) is 1.99. The number of hydrogen-bond acceptors (Lipinski definition) is 0. The van der Waals surface area contributed by atoms with Gasteiger partial charge in [-0.3, -0.25) is 0 Å². The third-order valence-electron chi connectivity index (χ3n) is 3.31. The van der Waals surface area contributed by atoms with Gasteiger partial charge in [-0.2, -0.15) is 0 Å². The Morgan fingerprint density at radius 2 is 1.45 bits per heavy atom. The molecule has 1 saturated heterocycles. The van der Waals surface area contributed by atoms with Crippen molar-refractivity contribution in [2.75, 3.05) is 17.8 Å². The van der Waals surface area contributed by atoms with Gasteiger partial charge in [0, 0.05) is 0 Å². The Bertz CT molecular complexity index is 123. The van der Waals surface area contributed by atoms with E-state index in [9.17, 15) is 0 Å². The van der Waals surface area contributed by atoms with Gasteiger partial charge in [0.25, 0.3) is 0 Å². The van der Waals surface area contributed by atoms with Gasteiger partial charge < -0.3 is 0 Å². The molecule has 1 rings (SSSR count). The molecule has 0 aromatic rings. The van der Waals surface area contributed by atoms with Crippen molar-refractivity contribution < 1.29 is 0 Å². The highest BCUT2D eigenvalue weighted by Gasteiger charge is 2.30. The molecule has 0 N–H and O–H groups in total. The Hall–Kier alpha value is 0.350. The molecule has 1 heteroatoms. The zero-order valence-electron chi connectivity index (χ0n) is 8.39. The molecular formula is C10H22S. The fraction of sp³-hybridized carbons (Fsp3) is 1.00. The van der Waals surface area contributed by atoms with Crippen molar-refractivity contribution >= 4 is 10.0 Å². The van der Waals surface area contributed by atoms with Crippen LogP contribution in [-0.2, 0) is 0 Å². The molecule has 68 valence electrons. The van der Waals surface area contributed by atoms with Crippen LogP contribution >= 0.6 is 10.0 Å². The van der Waals surface area contributed by atoms with Crippen LogP contribution in [0.15, 0.2) is 0 Å². The summed E-state index contributed by atoms with van der Waals surface area (Å²) >= 11 is 0. The molecule has 0 aliphatic carbocycles. The minimum Gasteiger partial charge on any atom is -0.241 e. The molecule has 1 heterocycles. The Kier molecular flexibility index (Phi) is 2.90. The van der Waals surface area contributed by atoms with E-state index in [2.05, 4.69) is 27.0 Å². The molecule has 1 unspecified atom stereocenters. The van der Waals surface area contributed by atoms with Gasteiger partial charge in [-0.1, -0.05) is 20.8 Å². The quantitative estimate of drug-likeness (QED) is 0.603. The molecule has 0 bridgehead atoms. The summed E-state index contributed by atoms with van der Waals surface area (Å²) in [6.45, 7) is 7.22. The van der Waals surface area contributed by atoms with E-state index in [1.807, 2.05) is 0 Å². The smallest absolute Gasteiger partial charge is 0.0119 e. The average Bonchev–Trinajstić information content (AvgIpc) is 2.35. The van der Waals surface area contributed by atoms with Gasteiger partial charge >= 0.3 is 0 Å². The van der Waals surface area contributed by atoms with E-state index in [4.69, 9.17) is 0 Å². The summed E-state index contributed by atoms with van der Waals surface area (Å²) in [5, 5.41) is 0.991. The Morgan fingerprint density at radius 1 is 1.00 bits per heavy atom. The normalized spacial score (nSPS) is 28.8. The SMILES string of the molecule is CC(C)C(C)S1(C)CCCC1. The van der Waals surface area contributed by atoms with Crippen molar-refractivity contribution in [2.24, 2.45) is 5.92 Å². The predicted molar refractivity (Wildman–Crippen MR) is 56.8 cm³/mol. The van der Waals surface area contributed by atoms with Gasteiger partial charge in [0.05, 0.1) is 0 Å². The first kappa shape index (κ1) is 9.44. The maximum Gasteiger partial charge on any atom is -0.0119 e. The van der Waals surface area contributed by atoms with Crippen LogP contribution < -0.4 is 0 Å². The molecule has 0 aromatic heterocycles. The molecule has 1 fully saturated rings. The Morgan fingerprint density at radius 3 is 1.82 bits per heavy atom. The largest absolute Gasteiger partial charge is 0.241 e. The molecule has 0 amide bonds. The summed E-state index contributed by atoms with van der Waals surface area (Å²) in [6, 6.07) is 0. The first-order chi connectivity index (χ1) is 5.06. The summed E-state index contributed by atoms with van der Waals surface area (Å²) in [5.41, 5.74) is 0. The van der Waals surface area contributed by atoms with Crippen LogP contribution in [0.3, 0.4) is 0 Å². The van der Waals surface area contributed by atoms with Gasteiger partial charge in [-0.15, -0.1) is 0 Å². The standard InChI is InChI=1S/C10H22S/c1-9(2)10(3)11(4)7-5-6-8-11/h9-10H,5-8H2,1-4H3. The summed E-state index contributed by atoms with van der Waals surface area (Å²) in [7, 11) is -0.182. The number of hydrogen-bond donors (Lipinski definition) is 0. The van der Waals surface area contributed by atoms with E-state index >= 15 is 0 Å². The van der Waals surface area contributed by atoms with Crippen molar-refractivity contribution in [2.45, 2.75) is 38.9 Å². The van der Waals surface area contributed by atoms with E-state index in [1.165, 1.54) is 12.8 Å². The van der Waals surface area contributed by atoms with Gasteiger partial charge in [0.2, 0.25) is 0 Å². The molecule has 0 nitrogen and oxygen atoms in total. The lowest BCUT2D eigenvalue weighted by Gasteiger charge is -2.40. The second kappa shape index (κ2) is 3.38. The summed E-state index contributed by atoms with van der Waals surface area (Å²) in [5.74, 6) is 3.99. The zero-order valence-corrected chi connectivity index (χ0v) is 9.21. The van der Waals surface area contributed by atoms with Crippen LogP contribution in [0, 0.1) is 5.92 Å². The lowest BCUT2D eigenvalue weighted by Crippen LogP contribution is -2.21. The molecule has 1 atom stereocenters. The highest BCUT2D eigenvalue weighted by Crippen LogP contribution is 2.56. The van der Waals surface area contributed by atoms with Gasteiger partial charge in [-0.05, 0) is 41.8 Å². The van der Waals surface area contributed by atoms with E-state index in [0.29, 0.717) is 0 Å². The van der Waals surface area contributed by atoms with Gasteiger partial charge in [-0.25, -0.2) is 10.0 Å². The molecule has 0 radical (unpaired) electrons. The lowest BCUT2D eigenvalue weighted by atomic mass is 10.2. The highest BCUT2D eigenvalue weighted by atomic mass is 32.3. The molecule has 0 saturated carbocycles. The van der Waals surface area contributed by atoms with Crippen LogP contribution in [0.2, 0.25) is 0 Å². The van der Waals surface area contributed by atoms with Crippen LogP contribution in [-0.4, -0.2) is 23.0 Å². The summed E-state index contributed by atoms with van der Waals surface area (Å²) in [6.07, 6.45) is 5.57. The molecule has 1 aliphatic rings. The third-order valence-corrected chi connectivity index (χ3v) is 8.09. The van der Waals surface area contributed by atoms with E-state index in [0.717, 1.165) is 11.2 Å². The molecule has 1 aliphatic heterocycles. The van der Waals surface area contributed by atoms with Gasteiger partial charge in [0.1, 0.15) is 0 Å². The van der Waals surface area contributed by atoms with E-state index in [-0.39, 0.29) is 10.0 Å². The topological polar surface area (TPSA) is 0 Å². The van der Waals surface area contributed by atoms with Crippen LogP contribution in [0.1, 0.15) is 33.6 Å². The van der Waals surface area contributed by atoms with E-state index in [1.54, 1.807) is 11.5 Å². The highest BCUT2D eigenvalue weighted by molar-refractivity contribution is 8.33. The first-order valence-electron chi connectivity index (χ1n) is 4.79. The summed E-state index contributed by atoms with van der Waals surface area (Å²) in [4.78, 5) is 0. The second-order valence-electron chi connectivity index (χ2n) is 4.42. The Balaban J connectivity index is 2.56. The average molecular weight is 174 g/mol. The van der Waals surface area contributed by atoms with Crippen LogP contribution in [0.25, 0.3) is 0 Å². The predicted octanol–water partition coefficient (Wildman–Crippen LogP) is 3.26. The molecular weight excluding hydrogens is 152 g/mol. The maximum atomic E-state index is 2.56. The molecule has 11 heavy (non-hydrogen) atoms. The lowest BCUT2D eigenvalue weighted by molar-refractivity contribution is 0.636. The molecule has 0 spiro atoms. The molecule has 0 aromatic carbocycles. The maximum absolute atomic E-state index is 2.56. The van der Waals surface area contributed by atoms with Crippen molar-refractivity contribution in [3.63, 3.8) is 0 Å². The van der Waals surface area contributed by atoms with E-state index < -0.39 is 0 Å². The third kappa shape index (κ3) is 1.93. The second-order valence-corrected chi connectivity index (χ2v) is 8.68. The van der Waals surface area contributed by atoms with Crippen molar-refractivity contribution in [1.82, 2.24) is 0 Å². The Labute approximate surface area is 73.1 Å². The van der Waals surface area contributed by atoms with Crippen molar-refractivity contribution in [1.29, 1.82) is 0 Å². The summed E-state index contributed by atoms with van der Waals surface area (Å²) < 4.78 is 0. The van der Waals surface area contributed by atoms with Gasteiger partial charge in [0.15, 0.2) is 0 Å². The zero-order chi connectivity index (χ0) is 8.48. The van der Waals surface area contributed by atoms with Crippen LogP contribution in [0.4, 0.5) is 0 Å². The number of rotatable bonds is 2. The van der Waals surface area contributed by atoms with Crippen molar-refractivity contribution in [3.05, 3.63) is 0 Å². The fourth-order valence-corrected chi connectivity index (χ4v) is 5.98. The first-order valence-corrected chi connectivity index (χ1v) is 7.23.